The molecule has 0 unspecified atom stereocenters. The van der Waals surface area contributed by atoms with E-state index in [1.807, 2.05) is 0 Å². The van der Waals surface area contributed by atoms with Crippen LogP contribution in [0.15, 0.2) is 10.1 Å². The number of amides is 2. The van der Waals surface area contributed by atoms with Crippen molar-refractivity contribution < 1.29 is 9.59 Å². The number of hydrogen-bond donors (Lipinski definition) is 0. The van der Waals surface area contributed by atoms with Crippen LogP contribution in [0.4, 0.5) is 0 Å². The number of likely N-dealkylation sites (tertiary alicyclic amines) is 1. The number of imide groups is 1. The molecule has 0 spiro atoms. The molecule has 4 atom stereocenters. The monoisotopic (exact) mass is 465 g/mol. The lowest BCUT2D eigenvalue weighted by Crippen LogP contribution is -2.50. The van der Waals surface area contributed by atoms with Crippen LogP contribution in [0.5, 0.6) is 0 Å². The van der Waals surface area contributed by atoms with Gasteiger partial charge in [-0.05, 0) is 6.42 Å². The molecular weight excluding hydrogens is 451 g/mol. The van der Waals surface area contributed by atoms with E-state index < -0.39 is 37.7 Å². The quantitative estimate of drug-likeness (QED) is 0.298. The Morgan fingerprint density at radius 3 is 1.72 bits per heavy atom. The summed E-state index contributed by atoms with van der Waals surface area (Å²) in [4.78, 5) is 23.6. The van der Waals surface area contributed by atoms with E-state index in [-0.39, 0.29) is 10.1 Å². The Labute approximate surface area is 176 Å². The van der Waals surface area contributed by atoms with Crippen LogP contribution in [0.1, 0.15) is 39.0 Å². The smallest absolute Gasteiger partial charge is 0.235 e. The fourth-order valence-electron chi connectivity index (χ4n) is 4.15. The summed E-state index contributed by atoms with van der Waals surface area (Å²) in [5.41, 5.74) is 0. The molecule has 2 bridgehead atoms. The van der Waals surface area contributed by atoms with Gasteiger partial charge in [0.05, 0.1) is 21.9 Å². The molecule has 0 radical (unpaired) electrons. The zero-order chi connectivity index (χ0) is 18.8. The van der Waals surface area contributed by atoms with Gasteiger partial charge in [0.15, 0.2) is 4.33 Å². The van der Waals surface area contributed by atoms with Crippen molar-refractivity contribution in [2.75, 3.05) is 6.54 Å². The van der Waals surface area contributed by atoms with E-state index >= 15 is 0 Å². The van der Waals surface area contributed by atoms with Crippen molar-refractivity contribution in [2.24, 2.45) is 11.8 Å². The lowest BCUT2D eigenvalue weighted by molar-refractivity contribution is -0.140. The van der Waals surface area contributed by atoms with Gasteiger partial charge in [-0.2, -0.15) is 0 Å². The van der Waals surface area contributed by atoms with Crippen LogP contribution in [0.3, 0.4) is 0 Å². The summed E-state index contributed by atoms with van der Waals surface area (Å²) in [6, 6.07) is 0. The van der Waals surface area contributed by atoms with E-state index in [1.165, 1.54) is 4.90 Å². The van der Waals surface area contributed by atoms with Gasteiger partial charge in [-0.3, -0.25) is 14.5 Å². The van der Waals surface area contributed by atoms with Crippen LogP contribution in [0, 0.1) is 11.8 Å². The summed E-state index contributed by atoms with van der Waals surface area (Å²) in [6.45, 7) is 2.44. The predicted octanol–water partition coefficient (Wildman–Crippen LogP) is 5.40. The first-order valence-electron chi connectivity index (χ1n) is 8.25. The SMILES string of the molecule is CCCCCCCN1C(=O)[C@H]2[C@H](C1=O)[C@]1(Cl)C(Cl)=C(Cl)[C@]2(Cl)C1(Cl)Cl. The number of unbranched alkanes of at least 4 members (excludes halogenated alkanes) is 4. The summed E-state index contributed by atoms with van der Waals surface area (Å²) in [7, 11) is 0. The van der Waals surface area contributed by atoms with Crippen molar-refractivity contribution in [3.05, 3.63) is 10.1 Å². The van der Waals surface area contributed by atoms with Crippen molar-refractivity contribution in [3.8, 4) is 0 Å². The summed E-state index contributed by atoms with van der Waals surface area (Å²) in [6.07, 6.45) is 4.96. The molecule has 2 aliphatic carbocycles. The van der Waals surface area contributed by atoms with Gasteiger partial charge in [-0.15, -0.1) is 23.2 Å². The molecule has 0 aromatic heterocycles. The summed E-state index contributed by atoms with van der Waals surface area (Å²) >= 11 is 38.6. The molecule has 140 valence electrons. The number of nitrogens with zero attached hydrogens (tertiary/aromatic N) is 1. The second-order valence-electron chi connectivity index (χ2n) is 6.82. The molecular formula is C16H17Cl6NO2. The minimum atomic E-state index is -1.86. The van der Waals surface area contributed by atoms with Gasteiger partial charge in [0, 0.05) is 6.54 Å². The van der Waals surface area contributed by atoms with Crippen LogP contribution < -0.4 is 0 Å². The first kappa shape index (κ1) is 20.4. The zero-order valence-electron chi connectivity index (χ0n) is 13.4. The van der Waals surface area contributed by atoms with Crippen molar-refractivity contribution >= 4 is 81.4 Å². The Balaban J connectivity index is 1.88. The maximum Gasteiger partial charge on any atom is 0.235 e. The number of alkyl halides is 4. The first-order chi connectivity index (χ1) is 11.6. The average molecular weight is 468 g/mol. The molecule has 1 heterocycles. The van der Waals surface area contributed by atoms with E-state index in [1.54, 1.807) is 0 Å². The van der Waals surface area contributed by atoms with Crippen LogP contribution in [0.2, 0.25) is 0 Å². The first-order valence-corrected chi connectivity index (χ1v) is 10.5. The minimum Gasteiger partial charge on any atom is -0.282 e. The Hall–Kier alpha value is 0.620. The number of allylic oxidation sites excluding steroid dienone is 2. The van der Waals surface area contributed by atoms with Crippen LogP contribution in [-0.2, 0) is 9.59 Å². The highest BCUT2D eigenvalue weighted by molar-refractivity contribution is 6.66. The summed E-state index contributed by atoms with van der Waals surface area (Å²) in [5.74, 6) is -2.90. The highest BCUT2D eigenvalue weighted by atomic mass is 35.5. The van der Waals surface area contributed by atoms with E-state index in [2.05, 4.69) is 6.92 Å². The molecule has 9 heteroatoms. The van der Waals surface area contributed by atoms with Crippen LogP contribution in [-0.4, -0.2) is 37.3 Å². The van der Waals surface area contributed by atoms with Crippen molar-refractivity contribution in [3.63, 3.8) is 0 Å². The van der Waals surface area contributed by atoms with Gasteiger partial charge in [0.1, 0.15) is 9.75 Å². The van der Waals surface area contributed by atoms with Gasteiger partial charge in [0.25, 0.3) is 0 Å². The fourth-order valence-corrected chi connectivity index (χ4v) is 7.08. The summed E-state index contributed by atoms with van der Waals surface area (Å²) in [5, 5.41) is -0.106. The number of halogens is 6. The zero-order valence-corrected chi connectivity index (χ0v) is 18.0. The standard InChI is InChI=1S/C16H17Cl6NO2/c1-2-3-4-5-6-7-23-12(24)8-9(13(23)25)15(20)11(18)10(17)14(8,19)16(15,21)22/h8-9H,2-7H2,1H3/t8-,9-,14+,15+/m1/s1. The van der Waals surface area contributed by atoms with Gasteiger partial charge in [-0.1, -0.05) is 79.0 Å². The maximum absolute atomic E-state index is 12.9. The lowest BCUT2D eigenvalue weighted by atomic mass is 9.84. The fraction of sp³-hybridized carbons (Fsp3) is 0.750. The minimum absolute atomic E-state index is 0.0528. The number of hydrogen-bond acceptors (Lipinski definition) is 2. The lowest BCUT2D eigenvalue weighted by Gasteiger charge is -2.34. The number of fused-ring (bicyclic) bond motifs is 5. The van der Waals surface area contributed by atoms with E-state index in [9.17, 15) is 9.59 Å². The molecule has 0 aromatic rings. The molecule has 3 rings (SSSR count). The third-order valence-electron chi connectivity index (χ3n) is 5.49. The van der Waals surface area contributed by atoms with Gasteiger partial charge >= 0.3 is 0 Å². The van der Waals surface area contributed by atoms with Crippen molar-refractivity contribution in [1.82, 2.24) is 4.90 Å². The second-order valence-corrected chi connectivity index (χ2v) is 10.1. The van der Waals surface area contributed by atoms with Crippen molar-refractivity contribution in [1.29, 1.82) is 0 Å². The highest BCUT2D eigenvalue weighted by Gasteiger charge is 2.87. The molecule has 3 aliphatic rings. The molecule has 0 aromatic carbocycles. The van der Waals surface area contributed by atoms with E-state index in [4.69, 9.17) is 69.6 Å². The van der Waals surface area contributed by atoms with E-state index in [0.29, 0.717) is 6.54 Å². The Bertz CT molecular complexity index is 619. The third-order valence-corrected chi connectivity index (χ3v) is 9.74. The molecule has 2 amide bonds. The normalized spacial score (nSPS) is 38.9. The second kappa shape index (κ2) is 6.60. The number of carbonyl (C=O) groups excluding carboxylic acids is 2. The van der Waals surface area contributed by atoms with E-state index in [0.717, 1.165) is 32.1 Å². The Morgan fingerprint density at radius 1 is 0.840 bits per heavy atom. The molecule has 1 aliphatic heterocycles. The third kappa shape index (κ3) is 2.32. The van der Waals surface area contributed by atoms with Gasteiger partial charge in [-0.25, -0.2) is 0 Å². The number of carbonyl (C=O) groups is 2. The summed E-state index contributed by atoms with van der Waals surface area (Å²) < 4.78 is -1.86. The van der Waals surface area contributed by atoms with Gasteiger partial charge < -0.3 is 0 Å². The average Bonchev–Trinajstić information content (AvgIpc) is 2.93. The van der Waals surface area contributed by atoms with Crippen LogP contribution in [0.25, 0.3) is 0 Å². The molecule has 1 saturated carbocycles. The van der Waals surface area contributed by atoms with Crippen LogP contribution >= 0.6 is 69.6 Å². The van der Waals surface area contributed by atoms with Crippen molar-refractivity contribution in [2.45, 2.75) is 53.1 Å². The molecule has 2 fully saturated rings. The molecule has 25 heavy (non-hydrogen) atoms. The Morgan fingerprint density at radius 2 is 1.28 bits per heavy atom. The van der Waals surface area contributed by atoms with Gasteiger partial charge in [0.2, 0.25) is 11.8 Å². The largest absolute Gasteiger partial charge is 0.282 e. The molecule has 3 nitrogen and oxygen atoms in total. The number of rotatable bonds is 6. The Kier molecular flexibility index (Phi) is 5.37. The predicted molar refractivity (Wildman–Crippen MR) is 103 cm³/mol. The topological polar surface area (TPSA) is 37.4 Å². The molecule has 0 N–H and O–H groups in total. The maximum atomic E-state index is 12.9. The molecule has 1 saturated heterocycles. The highest BCUT2D eigenvalue weighted by Crippen LogP contribution is 2.77.